The highest BCUT2D eigenvalue weighted by atomic mass is 79.9. The molecule has 1 aromatic carbocycles. The van der Waals surface area contributed by atoms with Crippen LogP contribution in [0, 0.1) is 17.5 Å². The van der Waals surface area contributed by atoms with Gasteiger partial charge in [0.25, 0.3) is 0 Å². The molecule has 1 N–H and O–H groups in total. The molecule has 2 rings (SSSR count). The molecule has 0 atom stereocenters. The van der Waals surface area contributed by atoms with Crippen LogP contribution in [0.4, 0.5) is 13.2 Å². The molecule has 0 radical (unpaired) electrons. The van der Waals surface area contributed by atoms with E-state index in [0.717, 1.165) is 6.07 Å². The van der Waals surface area contributed by atoms with Crippen LogP contribution < -0.4 is 0 Å². The number of halogens is 4. The molecule has 2 nitrogen and oxygen atoms in total. The minimum atomic E-state index is -1.56. The van der Waals surface area contributed by atoms with Gasteiger partial charge < -0.3 is 5.11 Å². The first-order chi connectivity index (χ1) is 7.87. The lowest BCUT2D eigenvalue weighted by atomic mass is 9.92. The Morgan fingerprint density at radius 2 is 1.88 bits per heavy atom. The Morgan fingerprint density at radius 3 is 2.35 bits per heavy atom. The van der Waals surface area contributed by atoms with Crippen LogP contribution in [0.3, 0.4) is 0 Å². The standard InChI is InChI=1S/C11H8BrF3O2/c12-6-3-5(8(13)10(15)9(6)14)11(1-2-11)4-7(16)17/h3H,1-2,4H2,(H,16,17). The van der Waals surface area contributed by atoms with Gasteiger partial charge in [-0.3, -0.25) is 4.79 Å². The van der Waals surface area contributed by atoms with Gasteiger partial charge in [0.05, 0.1) is 10.9 Å². The summed E-state index contributed by atoms with van der Waals surface area (Å²) in [5.41, 5.74) is -0.946. The van der Waals surface area contributed by atoms with Crippen molar-refractivity contribution in [3.05, 3.63) is 33.6 Å². The van der Waals surface area contributed by atoms with Gasteiger partial charge in [-0.25, -0.2) is 13.2 Å². The molecular formula is C11H8BrF3O2. The van der Waals surface area contributed by atoms with Gasteiger partial charge in [0.2, 0.25) is 0 Å². The SMILES string of the molecule is O=C(O)CC1(c2cc(Br)c(F)c(F)c2F)CC1. The van der Waals surface area contributed by atoms with Crippen LogP contribution >= 0.6 is 15.9 Å². The number of carbonyl (C=O) groups is 1. The zero-order valence-corrected chi connectivity index (χ0v) is 10.2. The predicted octanol–water partition coefficient (Wildman–Crippen LogP) is 3.37. The third-order valence-electron chi connectivity index (χ3n) is 3.02. The van der Waals surface area contributed by atoms with Crippen molar-refractivity contribution in [3.63, 3.8) is 0 Å². The van der Waals surface area contributed by atoms with Crippen LogP contribution in [0.2, 0.25) is 0 Å². The van der Waals surface area contributed by atoms with Gasteiger partial charge in [0, 0.05) is 5.41 Å². The zero-order valence-electron chi connectivity index (χ0n) is 8.57. The van der Waals surface area contributed by atoms with E-state index in [2.05, 4.69) is 15.9 Å². The molecule has 17 heavy (non-hydrogen) atoms. The van der Waals surface area contributed by atoms with Crippen molar-refractivity contribution in [2.24, 2.45) is 0 Å². The topological polar surface area (TPSA) is 37.3 Å². The minimum absolute atomic E-state index is 0.0642. The molecule has 0 heterocycles. The molecule has 0 aromatic heterocycles. The molecule has 92 valence electrons. The third kappa shape index (κ3) is 2.06. The minimum Gasteiger partial charge on any atom is -0.481 e. The highest BCUT2D eigenvalue weighted by Gasteiger charge is 2.48. The summed E-state index contributed by atoms with van der Waals surface area (Å²) in [6.07, 6.45) is 0.656. The largest absolute Gasteiger partial charge is 0.481 e. The first-order valence-corrected chi connectivity index (χ1v) is 5.72. The second-order valence-corrected chi connectivity index (χ2v) is 5.05. The van der Waals surface area contributed by atoms with Gasteiger partial charge in [0.15, 0.2) is 17.5 Å². The highest BCUT2D eigenvalue weighted by Crippen LogP contribution is 2.52. The van der Waals surface area contributed by atoms with Crippen molar-refractivity contribution in [2.75, 3.05) is 0 Å². The third-order valence-corrected chi connectivity index (χ3v) is 3.59. The molecule has 1 aromatic rings. The second-order valence-electron chi connectivity index (χ2n) is 4.20. The number of carboxylic acid groups (broad SMARTS) is 1. The van der Waals surface area contributed by atoms with Crippen LogP contribution in [0.5, 0.6) is 0 Å². The van der Waals surface area contributed by atoms with Gasteiger partial charge >= 0.3 is 5.97 Å². The summed E-state index contributed by atoms with van der Waals surface area (Å²) >= 11 is 2.79. The number of hydrogen-bond donors (Lipinski definition) is 1. The van der Waals surface area contributed by atoms with Crippen molar-refractivity contribution in [1.82, 2.24) is 0 Å². The van der Waals surface area contributed by atoms with E-state index in [9.17, 15) is 18.0 Å². The van der Waals surface area contributed by atoms with Crippen LogP contribution in [0.15, 0.2) is 10.5 Å². The number of rotatable bonds is 3. The molecule has 0 amide bonds. The van der Waals surface area contributed by atoms with E-state index in [1.807, 2.05) is 0 Å². The summed E-state index contributed by atoms with van der Waals surface area (Å²) in [4.78, 5) is 10.7. The number of benzene rings is 1. The average molecular weight is 309 g/mol. The predicted molar refractivity (Wildman–Crippen MR) is 57.2 cm³/mol. The van der Waals surface area contributed by atoms with Crippen molar-refractivity contribution < 1.29 is 23.1 Å². The van der Waals surface area contributed by atoms with Crippen molar-refractivity contribution in [2.45, 2.75) is 24.7 Å². The zero-order chi connectivity index (χ0) is 12.8. The molecule has 0 bridgehead atoms. The Hall–Kier alpha value is -1.04. The summed E-state index contributed by atoms with van der Waals surface area (Å²) in [6.45, 7) is 0. The van der Waals surface area contributed by atoms with Crippen LogP contribution in [0.1, 0.15) is 24.8 Å². The van der Waals surface area contributed by atoms with E-state index in [-0.39, 0.29) is 16.5 Å². The van der Waals surface area contributed by atoms with Crippen LogP contribution in [-0.4, -0.2) is 11.1 Å². The van der Waals surface area contributed by atoms with Gasteiger partial charge in [-0.15, -0.1) is 0 Å². The summed E-state index contributed by atoms with van der Waals surface area (Å²) in [5, 5.41) is 8.73. The normalized spacial score (nSPS) is 16.9. The van der Waals surface area contributed by atoms with E-state index in [1.165, 1.54) is 0 Å². The maximum absolute atomic E-state index is 13.6. The first-order valence-electron chi connectivity index (χ1n) is 4.93. The van der Waals surface area contributed by atoms with E-state index in [4.69, 9.17) is 5.11 Å². The van der Waals surface area contributed by atoms with Crippen LogP contribution in [-0.2, 0) is 10.2 Å². The van der Waals surface area contributed by atoms with E-state index in [0.29, 0.717) is 12.8 Å². The molecule has 1 fully saturated rings. The molecule has 0 saturated heterocycles. The van der Waals surface area contributed by atoms with Crippen molar-refractivity contribution in [3.8, 4) is 0 Å². The second kappa shape index (κ2) is 4.01. The summed E-state index contributed by atoms with van der Waals surface area (Å²) in [5.74, 6) is -5.23. The molecule has 1 aliphatic rings. The Balaban J connectivity index is 2.50. The number of carboxylic acids is 1. The smallest absolute Gasteiger partial charge is 0.304 e. The number of aliphatic carboxylic acids is 1. The molecule has 1 aliphatic carbocycles. The van der Waals surface area contributed by atoms with Gasteiger partial charge in [-0.2, -0.15) is 0 Å². The summed E-state index contributed by atoms with van der Waals surface area (Å²) in [7, 11) is 0. The molecule has 0 aliphatic heterocycles. The number of hydrogen-bond acceptors (Lipinski definition) is 1. The summed E-state index contributed by atoms with van der Waals surface area (Å²) in [6, 6.07) is 1.13. The van der Waals surface area contributed by atoms with Crippen LogP contribution in [0.25, 0.3) is 0 Å². The fourth-order valence-electron chi connectivity index (χ4n) is 1.94. The quantitative estimate of drug-likeness (QED) is 0.686. The first kappa shape index (κ1) is 12.4. The monoisotopic (exact) mass is 308 g/mol. The Kier molecular flexibility index (Phi) is 2.93. The lowest BCUT2D eigenvalue weighted by Gasteiger charge is -2.15. The molecule has 0 unspecified atom stereocenters. The Morgan fingerprint density at radius 1 is 1.29 bits per heavy atom. The van der Waals surface area contributed by atoms with Gasteiger partial charge in [-0.05, 0) is 40.4 Å². The maximum Gasteiger partial charge on any atom is 0.304 e. The highest BCUT2D eigenvalue weighted by molar-refractivity contribution is 9.10. The molecule has 0 spiro atoms. The fourth-order valence-corrected chi connectivity index (χ4v) is 2.34. The Labute approximate surface area is 104 Å². The van der Waals surface area contributed by atoms with Crippen molar-refractivity contribution >= 4 is 21.9 Å². The lowest BCUT2D eigenvalue weighted by Crippen LogP contribution is -2.16. The summed E-state index contributed by atoms with van der Waals surface area (Å²) < 4.78 is 39.7. The van der Waals surface area contributed by atoms with E-state index >= 15 is 0 Å². The molecular weight excluding hydrogens is 301 g/mol. The van der Waals surface area contributed by atoms with E-state index in [1.54, 1.807) is 0 Å². The van der Waals surface area contributed by atoms with Crippen molar-refractivity contribution in [1.29, 1.82) is 0 Å². The average Bonchev–Trinajstić information content (AvgIpc) is 3.00. The molecule has 1 saturated carbocycles. The maximum atomic E-state index is 13.6. The van der Waals surface area contributed by atoms with Gasteiger partial charge in [0.1, 0.15) is 0 Å². The molecule has 6 heteroatoms. The van der Waals surface area contributed by atoms with Gasteiger partial charge in [-0.1, -0.05) is 0 Å². The Bertz CT molecular complexity index is 498. The van der Waals surface area contributed by atoms with E-state index < -0.39 is 28.8 Å². The lowest BCUT2D eigenvalue weighted by molar-refractivity contribution is -0.137. The fraction of sp³-hybridized carbons (Fsp3) is 0.364.